The molecule has 3 nitrogen and oxygen atoms in total. The first-order valence-electron chi connectivity index (χ1n) is 8.85. The minimum Gasteiger partial charge on any atom is -0.349 e. The molecule has 0 aromatic carbocycles. The molecule has 1 unspecified atom stereocenters. The van der Waals surface area contributed by atoms with Crippen LogP contribution in [0.3, 0.4) is 0 Å². The standard InChI is InChI=1S/C18H25Cl2FN2O/c19-15-8-14(9-16(20)10-15)17(24)22-12-18(21)4-6-23(7-5-18)11-13-2-1-3-13/h8,10,13,16H,1-7,9,11-12H2,(H,22,24). The van der Waals surface area contributed by atoms with Gasteiger partial charge < -0.3 is 10.2 Å². The predicted octanol–water partition coefficient (Wildman–Crippen LogP) is 3.77. The van der Waals surface area contributed by atoms with E-state index in [4.69, 9.17) is 23.2 Å². The highest BCUT2D eigenvalue weighted by Crippen LogP contribution is 2.31. The van der Waals surface area contributed by atoms with Gasteiger partial charge in [-0.05, 0) is 50.2 Å². The van der Waals surface area contributed by atoms with Gasteiger partial charge in [-0.2, -0.15) is 0 Å². The predicted molar refractivity (Wildman–Crippen MR) is 96.1 cm³/mol. The van der Waals surface area contributed by atoms with E-state index < -0.39 is 5.67 Å². The van der Waals surface area contributed by atoms with Crippen molar-refractivity contribution in [2.75, 3.05) is 26.2 Å². The Morgan fingerprint density at radius 1 is 1.38 bits per heavy atom. The smallest absolute Gasteiger partial charge is 0.247 e. The third-order valence-corrected chi connectivity index (χ3v) is 5.93. The number of hydrogen-bond acceptors (Lipinski definition) is 2. The minimum absolute atomic E-state index is 0.0642. The van der Waals surface area contributed by atoms with Gasteiger partial charge in [0.15, 0.2) is 0 Å². The number of carbonyl (C=O) groups is 1. The quantitative estimate of drug-likeness (QED) is 0.742. The summed E-state index contributed by atoms with van der Waals surface area (Å²) in [4.78, 5) is 14.6. The van der Waals surface area contributed by atoms with E-state index in [2.05, 4.69) is 10.2 Å². The normalized spacial score (nSPS) is 27.9. The number of rotatable bonds is 5. The van der Waals surface area contributed by atoms with Gasteiger partial charge in [0.1, 0.15) is 5.67 Å². The van der Waals surface area contributed by atoms with Crippen LogP contribution in [0.4, 0.5) is 4.39 Å². The Hall–Kier alpha value is -0.580. The molecule has 2 aliphatic carbocycles. The molecule has 1 aliphatic heterocycles. The second kappa shape index (κ2) is 7.76. The fraction of sp³-hybridized carbons (Fsp3) is 0.722. The van der Waals surface area contributed by atoms with Gasteiger partial charge in [0.25, 0.3) is 0 Å². The van der Waals surface area contributed by atoms with E-state index in [-0.39, 0.29) is 17.8 Å². The molecule has 134 valence electrons. The van der Waals surface area contributed by atoms with Gasteiger partial charge in [0.2, 0.25) is 5.91 Å². The van der Waals surface area contributed by atoms with Crippen molar-refractivity contribution in [1.29, 1.82) is 0 Å². The second-order valence-corrected chi connectivity index (χ2v) is 8.37. The monoisotopic (exact) mass is 374 g/mol. The van der Waals surface area contributed by atoms with Crippen LogP contribution < -0.4 is 5.32 Å². The first kappa shape index (κ1) is 18.2. The van der Waals surface area contributed by atoms with Crippen LogP contribution in [0, 0.1) is 5.92 Å². The molecule has 3 aliphatic rings. The number of piperidine rings is 1. The number of carbonyl (C=O) groups excluding carboxylic acids is 1. The molecule has 1 amide bonds. The van der Waals surface area contributed by atoms with Gasteiger partial charge in [-0.25, -0.2) is 4.39 Å². The molecule has 1 saturated heterocycles. The number of allylic oxidation sites excluding steroid dienone is 3. The van der Waals surface area contributed by atoms with Crippen molar-refractivity contribution < 1.29 is 9.18 Å². The summed E-state index contributed by atoms with van der Waals surface area (Å²) in [6.07, 6.45) is 8.70. The Labute approximate surface area is 153 Å². The second-order valence-electron chi connectivity index (χ2n) is 7.37. The SMILES string of the molecule is O=C(NCC1(F)CCN(CC2CCC2)CC1)C1=CC(Cl)=CC(Cl)C1. The highest BCUT2D eigenvalue weighted by molar-refractivity contribution is 6.33. The fourth-order valence-corrected chi connectivity index (χ4v) is 4.23. The highest BCUT2D eigenvalue weighted by atomic mass is 35.5. The number of nitrogens with zero attached hydrogens (tertiary/aromatic N) is 1. The van der Waals surface area contributed by atoms with Gasteiger partial charge in [0, 0.05) is 30.2 Å². The molecule has 1 heterocycles. The molecular formula is C18H25Cl2FN2O. The zero-order valence-electron chi connectivity index (χ0n) is 13.9. The number of halogens is 3. The summed E-state index contributed by atoms with van der Waals surface area (Å²) in [5.74, 6) is 0.553. The van der Waals surface area contributed by atoms with Crippen LogP contribution >= 0.6 is 23.2 Å². The van der Waals surface area contributed by atoms with Gasteiger partial charge in [-0.3, -0.25) is 4.79 Å². The maximum atomic E-state index is 14.9. The summed E-state index contributed by atoms with van der Waals surface area (Å²) in [5.41, 5.74) is -0.783. The number of likely N-dealkylation sites (tertiary alicyclic amines) is 1. The molecule has 1 N–H and O–H groups in total. The molecule has 0 radical (unpaired) electrons. The van der Waals surface area contributed by atoms with E-state index in [1.54, 1.807) is 12.2 Å². The number of hydrogen-bond donors (Lipinski definition) is 1. The lowest BCUT2D eigenvalue weighted by atomic mass is 9.84. The first-order chi connectivity index (χ1) is 11.4. The molecule has 0 aromatic rings. The Morgan fingerprint density at radius 2 is 2.08 bits per heavy atom. The van der Waals surface area contributed by atoms with Gasteiger partial charge in [-0.1, -0.05) is 18.0 Å². The third-order valence-electron chi connectivity index (χ3n) is 5.42. The number of alkyl halides is 2. The lowest BCUT2D eigenvalue weighted by Crippen LogP contribution is -2.49. The largest absolute Gasteiger partial charge is 0.349 e. The molecule has 0 bridgehead atoms. The molecule has 6 heteroatoms. The van der Waals surface area contributed by atoms with Gasteiger partial charge in [0.05, 0.1) is 11.9 Å². The van der Waals surface area contributed by atoms with E-state index in [0.717, 1.165) is 25.6 Å². The summed E-state index contributed by atoms with van der Waals surface area (Å²) in [7, 11) is 0. The Balaban J connectivity index is 1.44. The third kappa shape index (κ3) is 4.74. The van der Waals surface area contributed by atoms with E-state index in [1.165, 1.54) is 19.3 Å². The van der Waals surface area contributed by atoms with Crippen LogP contribution in [-0.4, -0.2) is 48.0 Å². The summed E-state index contributed by atoms with van der Waals surface area (Å²) in [6.45, 7) is 2.74. The minimum atomic E-state index is -1.30. The number of nitrogens with one attached hydrogen (secondary N) is 1. The molecular weight excluding hydrogens is 350 g/mol. The van der Waals surface area contributed by atoms with Gasteiger partial charge in [-0.15, -0.1) is 11.6 Å². The van der Waals surface area contributed by atoms with E-state index in [9.17, 15) is 9.18 Å². The molecule has 2 fully saturated rings. The molecule has 24 heavy (non-hydrogen) atoms. The zero-order valence-corrected chi connectivity index (χ0v) is 15.4. The molecule has 0 spiro atoms. The van der Waals surface area contributed by atoms with Crippen LogP contribution in [0.5, 0.6) is 0 Å². The topological polar surface area (TPSA) is 32.3 Å². The average Bonchev–Trinajstić information content (AvgIpc) is 2.49. The van der Waals surface area contributed by atoms with Crippen LogP contribution in [0.15, 0.2) is 22.8 Å². The molecule has 3 rings (SSSR count). The summed E-state index contributed by atoms with van der Waals surface area (Å²) in [6, 6.07) is 0. The molecule has 1 saturated carbocycles. The molecule has 0 aromatic heterocycles. The van der Waals surface area contributed by atoms with Crippen molar-refractivity contribution >= 4 is 29.1 Å². The Kier molecular flexibility index (Phi) is 5.89. The average molecular weight is 375 g/mol. The Bertz CT molecular complexity index is 537. The van der Waals surface area contributed by atoms with Crippen LogP contribution in [0.25, 0.3) is 0 Å². The van der Waals surface area contributed by atoms with Crippen LogP contribution in [-0.2, 0) is 4.79 Å². The summed E-state index contributed by atoms with van der Waals surface area (Å²) < 4.78 is 14.9. The van der Waals surface area contributed by atoms with Crippen molar-refractivity contribution in [3.05, 3.63) is 22.8 Å². The maximum absolute atomic E-state index is 14.9. The first-order valence-corrected chi connectivity index (χ1v) is 9.66. The Morgan fingerprint density at radius 3 is 2.67 bits per heavy atom. The van der Waals surface area contributed by atoms with Crippen molar-refractivity contribution in [3.63, 3.8) is 0 Å². The van der Waals surface area contributed by atoms with Crippen molar-refractivity contribution in [1.82, 2.24) is 10.2 Å². The highest BCUT2D eigenvalue weighted by Gasteiger charge is 2.36. The molecule has 1 atom stereocenters. The van der Waals surface area contributed by atoms with Gasteiger partial charge >= 0.3 is 0 Å². The van der Waals surface area contributed by atoms with Crippen molar-refractivity contribution in [2.45, 2.75) is 49.6 Å². The van der Waals surface area contributed by atoms with Crippen LogP contribution in [0.2, 0.25) is 0 Å². The summed E-state index contributed by atoms with van der Waals surface area (Å²) in [5, 5.41) is 2.92. The van der Waals surface area contributed by atoms with E-state index in [0.29, 0.717) is 29.9 Å². The maximum Gasteiger partial charge on any atom is 0.247 e. The lowest BCUT2D eigenvalue weighted by molar-refractivity contribution is -0.118. The van der Waals surface area contributed by atoms with E-state index >= 15 is 0 Å². The number of amides is 1. The van der Waals surface area contributed by atoms with Crippen molar-refractivity contribution in [3.8, 4) is 0 Å². The summed E-state index contributed by atoms with van der Waals surface area (Å²) >= 11 is 12.0. The zero-order chi connectivity index (χ0) is 17.2. The van der Waals surface area contributed by atoms with Crippen molar-refractivity contribution in [2.24, 2.45) is 5.92 Å². The fourth-order valence-electron chi connectivity index (χ4n) is 3.58. The van der Waals surface area contributed by atoms with E-state index in [1.807, 2.05) is 0 Å². The lowest BCUT2D eigenvalue weighted by Gasteiger charge is -2.39. The van der Waals surface area contributed by atoms with Crippen LogP contribution in [0.1, 0.15) is 38.5 Å².